The lowest BCUT2D eigenvalue weighted by atomic mass is 10.0. The molecule has 0 fully saturated rings. The van der Waals surface area contributed by atoms with Crippen molar-refractivity contribution < 1.29 is 14.3 Å². The zero-order valence-corrected chi connectivity index (χ0v) is 16.6. The minimum Gasteiger partial charge on any atom is -0.497 e. The van der Waals surface area contributed by atoms with Crippen LogP contribution >= 0.6 is 0 Å². The van der Waals surface area contributed by atoms with E-state index in [0.717, 1.165) is 22.5 Å². The van der Waals surface area contributed by atoms with Crippen molar-refractivity contribution in [2.24, 2.45) is 7.05 Å². The molecule has 1 atom stereocenters. The van der Waals surface area contributed by atoms with Crippen LogP contribution in [0.15, 0.2) is 54.9 Å². The maximum Gasteiger partial charge on any atom is 0.225 e. The number of hydrogen-bond donors (Lipinski definition) is 1. The number of amides is 1. The number of aryl methyl sites for hydroxylation is 2. The molecule has 1 aromatic heterocycles. The van der Waals surface area contributed by atoms with Gasteiger partial charge in [-0.2, -0.15) is 0 Å². The maximum absolute atomic E-state index is 12.9. The van der Waals surface area contributed by atoms with Gasteiger partial charge in [-0.25, -0.2) is 4.98 Å². The lowest BCUT2D eigenvalue weighted by molar-refractivity contribution is -0.121. The Balaban J connectivity index is 1.94. The SMILES string of the molecule is COc1cc(OC)cc([C@H](NC(=O)Cc2ccccc2C)c2nccn2C)c1. The zero-order chi connectivity index (χ0) is 20.1. The van der Waals surface area contributed by atoms with Gasteiger partial charge in [-0.05, 0) is 35.7 Å². The molecule has 0 radical (unpaired) electrons. The minimum atomic E-state index is -0.430. The topological polar surface area (TPSA) is 65.4 Å². The molecule has 0 saturated carbocycles. The van der Waals surface area contributed by atoms with Gasteiger partial charge < -0.3 is 19.4 Å². The first kappa shape index (κ1) is 19.5. The summed E-state index contributed by atoms with van der Waals surface area (Å²) in [6.45, 7) is 2.01. The smallest absolute Gasteiger partial charge is 0.225 e. The van der Waals surface area contributed by atoms with E-state index in [2.05, 4.69) is 10.3 Å². The summed E-state index contributed by atoms with van der Waals surface area (Å²) in [4.78, 5) is 17.3. The van der Waals surface area contributed by atoms with Crippen LogP contribution in [0.4, 0.5) is 0 Å². The Kier molecular flexibility index (Phi) is 5.99. The fourth-order valence-corrected chi connectivity index (χ4v) is 3.14. The van der Waals surface area contributed by atoms with Gasteiger partial charge in [0, 0.05) is 25.5 Å². The number of hydrogen-bond acceptors (Lipinski definition) is 4. The van der Waals surface area contributed by atoms with Gasteiger partial charge in [0.25, 0.3) is 0 Å². The Labute approximate surface area is 165 Å². The summed E-state index contributed by atoms with van der Waals surface area (Å²) in [5.41, 5.74) is 2.93. The van der Waals surface area contributed by atoms with Crippen LogP contribution in [0.3, 0.4) is 0 Å². The van der Waals surface area contributed by atoms with E-state index < -0.39 is 6.04 Å². The normalized spacial score (nSPS) is 11.7. The maximum atomic E-state index is 12.9. The van der Waals surface area contributed by atoms with E-state index in [1.54, 1.807) is 26.5 Å². The molecule has 3 aromatic rings. The summed E-state index contributed by atoms with van der Waals surface area (Å²) in [6.07, 6.45) is 3.87. The molecule has 6 heteroatoms. The molecule has 1 heterocycles. The van der Waals surface area contributed by atoms with E-state index in [4.69, 9.17) is 9.47 Å². The molecule has 0 aliphatic rings. The highest BCUT2D eigenvalue weighted by molar-refractivity contribution is 5.79. The fourth-order valence-electron chi connectivity index (χ4n) is 3.14. The molecular formula is C22H25N3O3. The van der Waals surface area contributed by atoms with Crippen LogP contribution < -0.4 is 14.8 Å². The molecule has 3 rings (SSSR count). The zero-order valence-electron chi connectivity index (χ0n) is 16.6. The quantitative estimate of drug-likeness (QED) is 0.685. The van der Waals surface area contributed by atoms with E-state index in [1.807, 2.05) is 61.1 Å². The summed E-state index contributed by atoms with van der Waals surface area (Å²) < 4.78 is 12.7. The molecule has 0 bridgehead atoms. The molecule has 28 heavy (non-hydrogen) atoms. The van der Waals surface area contributed by atoms with Gasteiger partial charge in [0.1, 0.15) is 23.4 Å². The third-order valence-electron chi connectivity index (χ3n) is 4.74. The Hall–Kier alpha value is -3.28. The highest BCUT2D eigenvalue weighted by Crippen LogP contribution is 2.29. The summed E-state index contributed by atoms with van der Waals surface area (Å²) in [5, 5.41) is 3.12. The Morgan fingerprint density at radius 3 is 2.39 bits per heavy atom. The molecule has 1 amide bonds. The van der Waals surface area contributed by atoms with E-state index in [1.165, 1.54) is 0 Å². The Bertz CT molecular complexity index is 943. The van der Waals surface area contributed by atoms with Gasteiger partial charge >= 0.3 is 0 Å². The molecule has 0 spiro atoms. The van der Waals surface area contributed by atoms with E-state index in [-0.39, 0.29) is 5.91 Å². The van der Waals surface area contributed by atoms with Gasteiger partial charge in [-0.1, -0.05) is 24.3 Å². The molecule has 0 aliphatic heterocycles. The summed E-state index contributed by atoms with van der Waals surface area (Å²) >= 11 is 0. The summed E-state index contributed by atoms with van der Waals surface area (Å²) in [7, 11) is 5.11. The van der Waals surface area contributed by atoms with Crippen molar-refractivity contribution in [3.05, 3.63) is 77.4 Å². The minimum absolute atomic E-state index is 0.0795. The number of imidazole rings is 1. The van der Waals surface area contributed by atoms with Crippen LogP contribution in [0.5, 0.6) is 11.5 Å². The third kappa shape index (κ3) is 4.34. The number of rotatable bonds is 7. The van der Waals surface area contributed by atoms with Crippen molar-refractivity contribution >= 4 is 5.91 Å². The third-order valence-corrected chi connectivity index (χ3v) is 4.74. The average molecular weight is 379 g/mol. The lowest BCUT2D eigenvalue weighted by Crippen LogP contribution is -2.32. The van der Waals surface area contributed by atoms with Crippen LogP contribution in [0.2, 0.25) is 0 Å². The molecular weight excluding hydrogens is 354 g/mol. The number of methoxy groups -OCH3 is 2. The second kappa shape index (κ2) is 8.61. The van der Waals surface area contributed by atoms with Crippen molar-refractivity contribution in [1.82, 2.24) is 14.9 Å². The first-order valence-corrected chi connectivity index (χ1v) is 9.06. The number of benzene rings is 2. The van der Waals surface area contributed by atoms with E-state index >= 15 is 0 Å². The number of ether oxygens (including phenoxy) is 2. The lowest BCUT2D eigenvalue weighted by Gasteiger charge is -2.21. The van der Waals surface area contributed by atoms with Gasteiger partial charge in [0.15, 0.2) is 0 Å². The Morgan fingerprint density at radius 1 is 1.14 bits per heavy atom. The monoisotopic (exact) mass is 379 g/mol. The number of aromatic nitrogens is 2. The highest BCUT2D eigenvalue weighted by atomic mass is 16.5. The van der Waals surface area contributed by atoms with Crippen LogP contribution in [-0.4, -0.2) is 29.7 Å². The van der Waals surface area contributed by atoms with Gasteiger partial charge in [-0.3, -0.25) is 4.79 Å². The second-order valence-electron chi connectivity index (χ2n) is 6.65. The highest BCUT2D eigenvalue weighted by Gasteiger charge is 2.22. The second-order valence-corrected chi connectivity index (χ2v) is 6.65. The van der Waals surface area contributed by atoms with E-state index in [9.17, 15) is 4.79 Å². The van der Waals surface area contributed by atoms with E-state index in [0.29, 0.717) is 17.9 Å². The molecule has 6 nitrogen and oxygen atoms in total. The molecule has 0 unspecified atom stereocenters. The molecule has 0 aliphatic carbocycles. The number of nitrogens with zero attached hydrogens (tertiary/aromatic N) is 2. The van der Waals surface area contributed by atoms with Gasteiger partial charge in [-0.15, -0.1) is 0 Å². The molecule has 0 saturated heterocycles. The standard InChI is InChI=1S/C22H25N3O3/c1-15-7-5-6-8-16(15)13-20(26)24-21(22-23-9-10-25(22)2)17-11-18(27-3)14-19(12-17)28-4/h5-12,14,21H,13H2,1-4H3,(H,24,26)/t21-/m0/s1. The Morgan fingerprint density at radius 2 is 1.82 bits per heavy atom. The van der Waals surface area contributed by atoms with Crippen LogP contribution in [0.25, 0.3) is 0 Å². The predicted octanol–water partition coefficient (Wildman–Crippen LogP) is 3.19. The van der Waals surface area contributed by atoms with Crippen molar-refractivity contribution in [3.8, 4) is 11.5 Å². The van der Waals surface area contributed by atoms with Gasteiger partial charge in [0.05, 0.1) is 20.6 Å². The van der Waals surface area contributed by atoms with Gasteiger partial charge in [0.2, 0.25) is 5.91 Å². The number of nitrogens with one attached hydrogen (secondary N) is 1. The molecule has 2 aromatic carbocycles. The largest absolute Gasteiger partial charge is 0.497 e. The van der Waals surface area contributed by atoms with Crippen molar-refractivity contribution in [2.75, 3.05) is 14.2 Å². The van der Waals surface area contributed by atoms with Crippen LogP contribution in [-0.2, 0) is 18.3 Å². The number of carbonyl (C=O) groups is 1. The average Bonchev–Trinajstić information content (AvgIpc) is 3.13. The summed E-state index contributed by atoms with van der Waals surface area (Å²) in [5.74, 6) is 1.96. The summed E-state index contributed by atoms with van der Waals surface area (Å²) in [6, 6.07) is 13.0. The fraction of sp³-hybridized carbons (Fsp3) is 0.273. The molecule has 146 valence electrons. The number of carbonyl (C=O) groups excluding carboxylic acids is 1. The van der Waals surface area contributed by atoms with Crippen molar-refractivity contribution in [2.45, 2.75) is 19.4 Å². The van der Waals surface area contributed by atoms with Crippen LogP contribution in [0.1, 0.15) is 28.6 Å². The van der Waals surface area contributed by atoms with Crippen molar-refractivity contribution in [3.63, 3.8) is 0 Å². The van der Waals surface area contributed by atoms with Crippen molar-refractivity contribution in [1.29, 1.82) is 0 Å². The van der Waals surface area contributed by atoms with Crippen LogP contribution in [0, 0.1) is 6.92 Å². The molecule has 1 N–H and O–H groups in total. The first-order chi connectivity index (χ1) is 13.5. The first-order valence-electron chi connectivity index (χ1n) is 9.06. The predicted molar refractivity (Wildman–Crippen MR) is 108 cm³/mol.